The molecule has 2 aromatic rings. The molecule has 0 bridgehead atoms. The summed E-state index contributed by atoms with van der Waals surface area (Å²) in [6.07, 6.45) is 2.77. The van der Waals surface area contributed by atoms with Crippen LogP contribution in [0.2, 0.25) is 0 Å². The molecule has 7 nitrogen and oxygen atoms in total. The molecule has 2 rings (SSSR count). The number of nitrogens with two attached hydrogens (primary N) is 3. The van der Waals surface area contributed by atoms with Crippen LogP contribution in [0.25, 0.3) is 0 Å². The number of hydrogen-bond donors (Lipinski definition) is 5. The van der Waals surface area contributed by atoms with Crippen molar-refractivity contribution in [3.8, 4) is 0 Å². The lowest BCUT2D eigenvalue weighted by Crippen LogP contribution is -2.38. The van der Waals surface area contributed by atoms with Gasteiger partial charge in [0.2, 0.25) is 0 Å². The molecule has 28 heavy (non-hydrogen) atoms. The van der Waals surface area contributed by atoms with Gasteiger partial charge in [0.1, 0.15) is 11.5 Å². The second-order valence-corrected chi connectivity index (χ2v) is 5.91. The third-order valence-electron chi connectivity index (χ3n) is 3.53. The first kappa shape index (κ1) is 20.9. The van der Waals surface area contributed by atoms with Crippen LogP contribution in [-0.4, -0.2) is 27.6 Å². The maximum atomic E-state index is 14.6. The molecule has 0 radical (unpaired) electrons. The lowest BCUT2D eigenvalue weighted by Gasteiger charge is -2.15. The first-order chi connectivity index (χ1) is 13.1. The molecule has 0 fully saturated rings. The summed E-state index contributed by atoms with van der Waals surface area (Å²) in [4.78, 5) is 10.5. The van der Waals surface area contributed by atoms with E-state index >= 15 is 0 Å². The molecule has 0 aliphatic rings. The van der Waals surface area contributed by atoms with Crippen molar-refractivity contribution in [1.29, 1.82) is 0 Å². The number of aliphatic imine (C=N–C) groups is 2. The number of nitrogens with one attached hydrogen (secondary N) is 1. The minimum absolute atomic E-state index is 0.0863. The number of hydrogen-bond acceptors (Lipinski definition) is 2. The molecule has 0 saturated carbocycles. The first-order valence-electron chi connectivity index (χ1n) is 8.05. The van der Waals surface area contributed by atoms with Gasteiger partial charge in [0.25, 0.3) is 5.84 Å². The molecule has 8 N–H and O–H groups in total. The Morgan fingerprint density at radius 1 is 1.25 bits per heavy atom. The summed E-state index contributed by atoms with van der Waals surface area (Å²) in [7, 11) is 0. The van der Waals surface area contributed by atoms with Crippen molar-refractivity contribution in [2.75, 3.05) is 0 Å². The van der Waals surface area contributed by atoms with Crippen molar-refractivity contribution in [3.63, 3.8) is 0 Å². The highest BCUT2D eigenvalue weighted by Gasteiger charge is 2.37. The maximum absolute atomic E-state index is 14.6. The predicted molar refractivity (Wildman–Crippen MR) is 100 cm³/mol. The van der Waals surface area contributed by atoms with Crippen molar-refractivity contribution in [1.82, 2.24) is 4.98 Å². The van der Waals surface area contributed by atoms with Gasteiger partial charge in [-0.1, -0.05) is 0 Å². The third-order valence-corrected chi connectivity index (χ3v) is 3.53. The van der Waals surface area contributed by atoms with E-state index in [-0.39, 0.29) is 24.0 Å². The van der Waals surface area contributed by atoms with Gasteiger partial charge in [-0.2, -0.15) is 13.8 Å². The van der Waals surface area contributed by atoms with Crippen LogP contribution in [-0.2, 0) is 12.5 Å². The minimum atomic E-state index is -3.69. The topological polar surface area (TPSA) is 138 Å². The van der Waals surface area contributed by atoms with Gasteiger partial charge in [-0.3, -0.25) is 5.41 Å². The number of benzene rings is 1. The highest BCUT2D eigenvalue weighted by atomic mass is 19.3. The van der Waals surface area contributed by atoms with Gasteiger partial charge in [-0.05, 0) is 47.8 Å². The van der Waals surface area contributed by atoms with Crippen molar-refractivity contribution >= 4 is 17.5 Å². The fourth-order valence-corrected chi connectivity index (χ4v) is 2.18. The summed E-state index contributed by atoms with van der Waals surface area (Å²) >= 11 is 0. The fourth-order valence-electron chi connectivity index (χ4n) is 2.18. The molecular weight excluding hydrogens is 373 g/mol. The third kappa shape index (κ3) is 5.07. The van der Waals surface area contributed by atoms with E-state index in [1.165, 1.54) is 18.3 Å². The van der Waals surface area contributed by atoms with Gasteiger partial charge >= 0.3 is 11.8 Å². The van der Waals surface area contributed by atoms with Crippen LogP contribution in [0.1, 0.15) is 23.7 Å². The van der Waals surface area contributed by atoms with Gasteiger partial charge in [0, 0.05) is 23.5 Å². The van der Waals surface area contributed by atoms with Gasteiger partial charge < -0.3 is 21.6 Å². The monoisotopic (exact) mass is 393 g/mol. The van der Waals surface area contributed by atoms with Crippen LogP contribution in [0.5, 0.6) is 0 Å². The summed E-state index contributed by atoms with van der Waals surface area (Å²) < 4.78 is 42.3. The lowest BCUT2D eigenvalue weighted by molar-refractivity contribution is -0.113. The van der Waals surface area contributed by atoms with Crippen molar-refractivity contribution < 1.29 is 23.7 Å². The van der Waals surface area contributed by atoms with Crippen LogP contribution in [0.4, 0.5) is 13.2 Å². The summed E-state index contributed by atoms with van der Waals surface area (Å²) in [6.45, 7) is 1.29. The summed E-state index contributed by atoms with van der Waals surface area (Å²) in [5.41, 5.74) is 11.6. The second kappa shape index (κ2) is 8.53. The molecule has 0 unspecified atom stereocenters. The number of aromatic amines is 1. The van der Waals surface area contributed by atoms with Crippen LogP contribution in [0.3, 0.4) is 0 Å². The Kier molecular flexibility index (Phi) is 6.37. The normalized spacial score (nSPS) is 13.7. The average Bonchev–Trinajstić information content (AvgIpc) is 3.10. The Morgan fingerprint density at radius 3 is 2.43 bits per heavy atom. The van der Waals surface area contributed by atoms with Crippen LogP contribution >= 0.6 is 0 Å². The standard InChI is InChI=1S/C18H19F3N6O/c1-10(22)6-15(23)26-16(14-7-11(9-28)8-25-14)27-17(24)18(20,21)12-2-4-13(19)5-3-12/h2-8,25,28H,9,22H2,1H3,(H3,23,24,26,27)/p+1/b10-6-. The fraction of sp³-hybridized carbons (Fsp3) is 0.167. The number of aliphatic hydroxyl groups is 1. The number of amidine groups is 3. The molecule has 0 aliphatic heterocycles. The molecule has 0 spiro atoms. The number of aromatic nitrogens is 1. The Bertz CT molecular complexity index is 940. The predicted octanol–water partition coefficient (Wildman–Crippen LogP) is 0.562. The molecule has 0 amide bonds. The Labute approximate surface area is 158 Å². The molecule has 1 heterocycles. The van der Waals surface area contributed by atoms with E-state index < -0.39 is 23.1 Å². The zero-order chi connectivity index (χ0) is 20.9. The number of aliphatic hydroxyl groups excluding tert-OH is 1. The second-order valence-electron chi connectivity index (χ2n) is 5.91. The lowest BCUT2D eigenvalue weighted by atomic mass is 10.1. The van der Waals surface area contributed by atoms with Gasteiger partial charge in [-0.15, -0.1) is 0 Å². The van der Waals surface area contributed by atoms with Crippen molar-refractivity contribution in [2.45, 2.75) is 19.5 Å². The van der Waals surface area contributed by atoms with E-state index in [0.717, 1.165) is 24.3 Å². The van der Waals surface area contributed by atoms with Crippen LogP contribution in [0.15, 0.2) is 58.3 Å². The number of alkyl halides is 2. The zero-order valence-corrected chi connectivity index (χ0v) is 15.0. The molecule has 1 aromatic heterocycles. The summed E-state index contributed by atoms with van der Waals surface area (Å²) in [5, 5.41) is 14.9. The average molecular weight is 393 g/mol. The Balaban J connectivity index is 2.49. The van der Waals surface area contributed by atoms with Crippen LogP contribution in [0, 0.1) is 5.82 Å². The van der Waals surface area contributed by atoms with E-state index in [2.05, 4.69) is 15.0 Å². The van der Waals surface area contributed by atoms with Gasteiger partial charge in [-0.25, -0.2) is 4.39 Å². The zero-order valence-electron chi connectivity index (χ0n) is 15.0. The summed E-state index contributed by atoms with van der Waals surface area (Å²) in [5.74, 6) is -5.74. The highest BCUT2D eigenvalue weighted by Crippen LogP contribution is 2.28. The van der Waals surface area contributed by atoms with E-state index in [1.807, 2.05) is 0 Å². The van der Waals surface area contributed by atoms with Crippen molar-refractivity contribution in [3.05, 3.63) is 70.9 Å². The van der Waals surface area contributed by atoms with E-state index in [0.29, 0.717) is 11.3 Å². The molecule has 0 aliphatic carbocycles. The summed E-state index contributed by atoms with van der Waals surface area (Å²) in [6, 6.07) is 5.06. The van der Waals surface area contributed by atoms with E-state index in [1.54, 1.807) is 6.92 Å². The quantitative estimate of drug-likeness (QED) is 0.375. The van der Waals surface area contributed by atoms with E-state index in [4.69, 9.17) is 16.9 Å². The largest absolute Gasteiger partial charge is 0.402 e. The number of allylic oxidation sites excluding steroid dienone is 1. The van der Waals surface area contributed by atoms with Crippen molar-refractivity contribution in [2.24, 2.45) is 21.5 Å². The number of rotatable bonds is 5. The highest BCUT2D eigenvalue weighted by molar-refractivity contribution is 6.12. The first-order valence-corrected chi connectivity index (χ1v) is 8.05. The number of H-pyrrole nitrogens is 1. The number of nitrogens with zero attached hydrogens (tertiary/aromatic N) is 2. The smallest absolute Gasteiger partial charge is 0.329 e. The van der Waals surface area contributed by atoms with Gasteiger partial charge in [0.05, 0.1) is 6.61 Å². The van der Waals surface area contributed by atoms with E-state index in [9.17, 15) is 18.3 Å². The van der Waals surface area contributed by atoms with Crippen LogP contribution < -0.4 is 16.9 Å². The molecular formula is C18H20F3N6O+. The Hall–Kier alpha value is -3.40. The van der Waals surface area contributed by atoms with Gasteiger partial charge in [0.15, 0.2) is 5.84 Å². The maximum Gasteiger partial charge on any atom is 0.329 e. The molecule has 10 heteroatoms. The molecule has 1 aromatic carbocycles. The SMILES string of the molecule is C/C(N)=C/C(=[NH2+])N=C(N=C(N)C(F)(F)c1ccc(F)cc1)c1cc(CO)c[nH]1. The molecule has 0 saturated heterocycles. The minimum Gasteiger partial charge on any atom is -0.402 e. The Morgan fingerprint density at radius 2 is 1.89 bits per heavy atom. The number of halogens is 3. The molecule has 148 valence electrons. The molecule has 0 atom stereocenters.